The van der Waals surface area contributed by atoms with Crippen LogP contribution in [-0.4, -0.2) is 64.7 Å². The van der Waals surface area contributed by atoms with E-state index >= 15 is 0 Å². The molecule has 1 saturated heterocycles. The third kappa shape index (κ3) is 3.16. The zero-order valence-corrected chi connectivity index (χ0v) is 16.3. The van der Waals surface area contributed by atoms with Crippen molar-refractivity contribution in [3.8, 4) is 0 Å². The molecule has 1 aliphatic rings. The molecular weight excluding hydrogens is 408 g/mol. The van der Waals surface area contributed by atoms with Crippen LogP contribution in [0.4, 0.5) is 5.82 Å². The third-order valence-corrected chi connectivity index (χ3v) is 5.82. The molecule has 0 radical (unpaired) electrons. The van der Waals surface area contributed by atoms with E-state index in [-0.39, 0.29) is 5.82 Å². The molecule has 11 heteroatoms. The van der Waals surface area contributed by atoms with Gasteiger partial charge in [0.15, 0.2) is 22.8 Å². The maximum absolute atomic E-state index is 10.3. The highest BCUT2D eigenvalue weighted by molar-refractivity contribution is 7.99. The molecular formula is C19H18N6O4S. The Balaban J connectivity index is 1.52. The molecule has 1 fully saturated rings. The van der Waals surface area contributed by atoms with Crippen LogP contribution < -0.4 is 5.73 Å². The zero-order valence-electron chi connectivity index (χ0n) is 15.5. The van der Waals surface area contributed by atoms with E-state index in [0.717, 1.165) is 15.8 Å². The number of pyridine rings is 1. The lowest BCUT2D eigenvalue weighted by Crippen LogP contribution is -2.33. The summed E-state index contributed by atoms with van der Waals surface area (Å²) >= 11 is 1.29. The fourth-order valence-corrected chi connectivity index (χ4v) is 4.25. The number of aliphatic hydroxyl groups is 3. The fourth-order valence-electron chi connectivity index (χ4n) is 3.47. The first kappa shape index (κ1) is 19.2. The molecule has 1 aromatic carbocycles. The third-order valence-electron chi connectivity index (χ3n) is 4.99. The Morgan fingerprint density at radius 1 is 1.13 bits per heavy atom. The Bertz CT molecular complexity index is 1230. The maximum Gasteiger partial charge on any atom is 0.196 e. The van der Waals surface area contributed by atoms with Gasteiger partial charge in [-0.1, -0.05) is 18.2 Å². The largest absolute Gasteiger partial charge is 0.394 e. The number of nitrogens with two attached hydrogens (primary N) is 1. The minimum Gasteiger partial charge on any atom is -0.394 e. The van der Waals surface area contributed by atoms with Gasteiger partial charge in [0, 0.05) is 16.5 Å². The summed E-state index contributed by atoms with van der Waals surface area (Å²) in [4.78, 5) is 18.3. The predicted octanol–water partition coefficient (Wildman–Crippen LogP) is 0.719. The van der Waals surface area contributed by atoms with Crippen molar-refractivity contribution in [3.63, 3.8) is 0 Å². The number of para-hydroxylation sites is 1. The molecule has 4 aromatic rings. The Hall–Kier alpha value is -2.83. The van der Waals surface area contributed by atoms with Crippen LogP contribution in [0, 0.1) is 0 Å². The molecule has 4 atom stereocenters. The summed E-state index contributed by atoms with van der Waals surface area (Å²) in [6.45, 7) is -0.422. The van der Waals surface area contributed by atoms with Crippen molar-refractivity contribution in [1.29, 1.82) is 0 Å². The lowest BCUT2D eigenvalue weighted by Gasteiger charge is -2.16. The van der Waals surface area contributed by atoms with Crippen LogP contribution in [0.5, 0.6) is 0 Å². The molecule has 0 unspecified atom stereocenters. The van der Waals surface area contributed by atoms with E-state index in [4.69, 9.17) is 10.5 Å². The van der Waals surface area contributed by atoms with E-state index in [9.17, 15) is 15.3 Å². The average molecular weight is 426 g/mol. The first-order valence-corrected chi connectivity index (χ1v) is 10.0. The first-order chi connectivity index (χ1) is 14.5. The second kappa shape index (κ2) is 7.45. The van der Waals surface area contributed by atoms with Gasteiger partial charge < -0.3 is 25.8 Å². The van der Waals surface area contributed by atoms with E-state index in [1.807, 2.05) is 30.3 Å². The number of aromatic nitrogens is 5. The molecule has 0 amide bonds. The zero-order chi connectivity index (χ0) is 20.8. The second-order valence-corrected chi connectivity index (χ2v) is 7.95. The van der Waals surface area contributed by atoms with Crippen LogP contribution in [-0.2, 0) is 4.74 Å². The highest BCUT2D eigenvalue weighted by Crippen LogP contribution is 2.34. The van der Waals surface area contributed by atoms with Crippen molar-refractivity contribution in [3.05, 3.63) is 42.9 Å². The molecule has 10 nitrogen and oxygen atoms in total. The molecule has 0 saturated carbocycles. The number of imidazole rings is 1. The van der Waals surface area contributed by atoms with E-state index < -0.39 is 31.1 Å². The highest BCUT2D eigenvalue weighted by Gasteiger charge is 2.44. The summed E-state index contributed by atoms with van der Waals surface area (Å²) in [5.41, 5.74) is 7.68. The summed E-state index contributed by atoms with van der Waals surface area (Å²) in [5.74, 6) is 0.182. The molecule has 3 aromatic heterocycles. The van der Waals surface area contributed by atoms with Crippen LogP contribution in [0.2, 0.25) is 0 Å². The summed E-state index contributed by atoms with van der Waals surface area (Å²) in [6, 6.07) is 9.77. The molecule has 5 rings (SSSR count). The molecule has 1 aliphatic heterocycles. The van der Waals surface area contributed by atoms with E-state index in [2.05, 4.69) is 19.9 Å². The summed E-state index contributed by atoms with van der Waals surface area (Å²) < 4.78 is 7.07. The number of aliphatic hydroxyl groups excluding tert-OH is 3. The average Bonchev–Trinajstić information content (AvgIpc) is 3.29. The van der Waals surface area contributed by atoms with Crippen molar-refractivity contribution in [1.82, 2.24) is 24.5 Å². The van der Waals surface area contributed by atoms with Crippen molar-refractivity contribution in [2.24, 2.45) is 0 Å². The van der Waals surface area contributed by atoms with Crippen LogP contribution in [0.25, 0.3) is 22.1 Å². The van der Waals surface area contributed by atoms with Crippen LogP contribution in [0.1, 0.15) is 6.23 Å². The standard InChI is InChI=1S/C19H18N6O4S/c20-16-13-17(25(8-22-13)18-15(28)14(27)12(7-26)29-18)24-19(23-16)30-10-5-9-3-1-2-4-11(9)21-6-10/h1-6,8,12,14-15,18,26-28H,7H2,(H2,20,23,24)/t12-,14-,15-,18-/m1/s1. The highest BCUT2D eigenvalue weighted by atomic mass is 32.2. The molecule has 4 heterocycles. The van der Waals surface area contributed by atoms with Crippen molar-refractivity contribution >= 4 is 39.6 Å². The number of hydrogen-bond donors (Lipinski definition) is 4. The molecule has 0 bridgehead atoms. The minimum atomic E-state index is -1.25. The maximum atomic E-state index is 10.3. The Kier molecular flexibility index (Phi) is 4.76. The number of benzene rings is 1. The van der Waals surface area contributed by atoms with Crippen molar-refractivity contribution in [2.45, 2.75) is 34.6 Å². The van der Waals surface area contributed by atoms with Crippen LogP contribution in [0.15, 0.2) is 52.9 Å². The molecule has 30 heavy (non-hydrogen) atoms. The number of hydrogen-bond acceptors (Lipinski definition) is 10. The number of nitrogens with zero attached hydrogens (tertiary/aromatic N) is 5. The Labute approximate surface area is 174 Å². The number of nitrogen functional groups attached to an aromatic ring is 1. The number of fused-ring (bicyclic) bond motifs is 2. The van der Waals surface area contributed by atoms with Gasteiger partial charge in [0.05, 0.1) is 18.5 Å². The fraction of sp³-hybridized carbons (Fsp3) is 0.263. The quantitative estimate of drug-likeness (QED) is 0.343. The SMILES string of the molecule is Nc1nc(Sc2cnc3ccccc3c2)nc2c1ncn2[C@@H]1O[C@H](CO)[C@@H](O)[C@H]1O. The smallest absolute Gasteiger partial charge is 0.196 e. The van der Waals surface area contributed by atoms with Gasteiger partial charge in [-0.25, -0.2) is 15.0 Å². The molecule has 5 N–H and O–H groups in total. The number of rotatable bonds is 4. The Morgan fingerprint density at radius 2 is 1.97 bits per heavy atom. The van der Waals surface area contributed by atoms with Gasteiger partial charge in [-0.3, -0.25) is 9.55 Å². The van der Waals surface area contributed by atoms with Crippen molar-refractivity contribution in [2.75, 3.05) is 12.3 Å². The van der Waals surface area contributed by atoms with Crippen molar-refractivity contribution < 1.29 is 20.1 Å². The monoisotopic (exact) mass is 426 g/mol. The predicted molar refractivity (Wildman–Crippen MR) is 109 cm³/mol. The lowest BCUT2D eigenvalue weighted by atomic mass is 10.1. The summed E-state index contributed by atoms with van der Waals surface area (Å²) in [5, 5.41) is 31.1. The normalized spacial score (nSPS) is 24.1. The molecule has 0 spiro atoms. The van der Waals surface area contributed by atoms with E-state index in [1.54, 1.807) is 6.20 Å². The first-order valence-electron chi connectivity index (χ1n) is 9.20. The molecule has 0 aliphatic carbocycles. The summed E-state index contributed by atoms with van der Waals surface area (Å²) in [6.07, 6.45) is -1.19. The van der Waals surface area contributed by atoms with E-state index in [1.165, 1.54) is 22.7 Å². The van der Waals surface area contributed by atoms with Gasteiger partial charge in [0.2, 0.25) is 0 Å². The van der Waals surface area contributed by atoms with Gasteiger partial charge in [-0.2, -0.15) is 0 Å². The minimum absolute atomic E-state index is 0.182. The Morgan fingerprint density at radius 3 is 2.77 bits per heavy atom. The van der Waals surface area contributed by atoms with Gasteiger partial charge in [0.1, 0.15) is 23.8 Å². The van der Waals surface area contributed by atoms with Gasteiger partial charge in [-0.05, 0) is 23.9 Å². The topological polar surface area (TPSA) is 152 Å². The van der Waals surface area contributed by atoms with Gasteiger partial charge >= 0.3 is 0 Å². The molecule has 154 valence electrons. The summed E-state index contributed by atoms with van der Waals surface area (Å²) in [7, 11) is 0. The number of anilines is 1. The van der Waals surface area contributed by atoms with Crippen LogP contribution in [0.3, 0.4) is 0 Å². The van der Waals surface area contributed by atoms with E-state index in [0.29, 0.717) is 16.3 Å². The van der Waals surface area contributed by atoms with Gasteiger partial charge in [0.25, 0.3) is 0 Å². The lowest BCUT2D eigenvalue weighted by molar-refractivity contribution is -0.0511. The second-order valence-electron chi connectivity index (χ2n) is 6.91. The van der Waals surface area contributed by atoms with Crippen LogP contribution >= 0.6 is 11.8 Å². The van der Waals surface area contributed by atoms with Gasteiger partial charge in [-0.15, -0.1) is 0 Å². The number of ether oxygens (including phenoxy) is 1.